The fraction of sp³-hybridized carbons (Fsp3) is 0.304. The van der Waals surface area contributed by atoms with Gasteiger partial charge in [0.25, 0.3) is 5.91 Å². The molecule has 2 amide bonds. The fourth-order valence-electron chi connectivity index (χ4n) is 3.97. The van der Waals surface area contributed by atoms with Gasteiger partial charge in [-0.3, -0.25) is 9.59 Å². The Balaban J connectivity index is 1.44. The van der Waals surface area contributed by atoms with Gasteiger partial charge in [-0.25, -0.2) is 14.2 Å². The molecule has 0 bridgehead atoms. The highest BCUT2D eigenvalue weighted by atomic mass is 32.2. The minimum Gasteiger partial charge on any atom is -0.478 e. The number of carbonyl (C=O) groups excluding carboxylic acids is 2. The number of carbonyl (C=O) groups is 3. The molecule has 1 aliphatic carbocycles. The van der Waals surface area contributed by atoms with Crippen LogP contribution in [0.3, 0.4) is 0 Å². The first-order valence-electron chi connectivity index (χ1n) is 10.3. The predicted octanol–water partition coefficient (Wildman–Crippen LogP) is 3.83. The Morgan fingerprint density at radius 1 is 1.16 bits per heavy atom. The average Bonchev–Trinajstić information content (AvgIpc) is 3.05. The summed E-state index contributed by atoms with van der Waals surface area (Å²) in [5, 5.41) is 11.4. The van der Waals surface area contributed by atoms with Crippen LogP contribution in [-0.2, 0) is 16.1 Å². The molecule has 0 radical (unpaired) electrons. The summed E-state index contributed by atoms with van der Waals surface area (Å²) in [4.78, 5) is 42.2. The van der Waals surface area contributed by atoms with Crippen LogP contribution >= 0.6 is 11.8 Å². The van der Waals surface area contributed by atoms with Gasteiger partial charge in [0.2, 0.25) is 5.91 Å². The zero-order valence-corrected chi connectivity index (χ0v) is 18.0. The molecule has 32 heavy (non-hydrogen) atoms. The number of nitrogens with zero attached hydrogens (tertiary/aromatic N) is 2. The zero-order chi connectivity index (χ0) is 22.7. The number of aromatic carboxylic acids is 1. The second-order valence-corrected chi connectivity index (χ2v) is 8.79. The number of aromatic nitrogens is 1. The number of nitrogens with one attached hydrogen (secondary N) is 1. The van der Waals surface area contributed by atoms with E-state index in [9.17, 15) is 18.8 Å². The van der Waals surface area contributed by atoms with Crippen LogP contribution in [-0.4, -0.2) is 43.9 Å². The number of halogens is 1. The number of pyridine rings is 1. The van der Waals surface area contributed by atoms with Crippen molar-refractivity contribution in [3.63, 3.8) is 0 Å². The summed E-state index contributed by atoms with van der Waals surface area (Å²) in [6.07, 6.45) is 4.75. The molecule has 0 saturated heterocycles. The third-order valence-electron chi connectivity index (χ3n) is 5.53. The molecule has 1 aromatic carbocycles. The highest BCUT2D eigenvalue weighted by molar-refractivity contribution is 8.00. The second kappa shape index (κ2) is 9.52. The van der Waals surface area contributed by atoms with Gasteiger partial charge in [0, 0.05) is 18.3 Å². The van der Waals surface area contributed by atoms with Gasteiger partial charge in [-0.2, -0.15) is 0 Å². The van der Waals surface area contributed by atoms with Crippen molar-refractivity contribution in [2.24, 2.45) is 0 Å². The van der Waals surface area contributed by atoms with E-state index in [0.29, 0.717) is 6.54 Å². The summed E-state index contributed by atoms with van der Waals surface area (Å²) >= 11 is 1.38. The standard InChI is InChI=1S/C23H22FN3O4S/c24-16-8-5-14(6-9-16)12-27-21(29)17-3-1-2-4-18(17)22(27)32-13-20(28)26-19-10-7-15(11-25-19)23(30)31/h5-11,22H,1-4,12-13H2,(H,30,31)(H,25,26,28). The smallest absolute Gasteiger partial charge is 0.337 e. The molecule has 1 unspecified atom stereocenters. The number of benzene rings is 1. The van der Waals surface area contributed by atoms with E-state index in [4.69, 9.17) is 5.11 Å². The van der Waals surface area contributed by atoms with E-state index in [1.807, 2.05) is 0 Å². The van der Waals surface area contributed by atoms with Crippen LogP contribution in [0.5, 0.6) is 0 Å². The van der Waals surface area contributed by atoms with Crippen molar-refractivity contribution in [2.45, 2.75) is 37.6 Å². The summed E-state index contributed by atoms with van der Waals surface area (Å²) in [5.74, 6) is -1.33. The Morgan fingerprint density at radius 2 is 1.91 bits per heavy atom. The lowest BCUT2D eigenvalue weighted by molar-refractivity contribution is -0.126. The summed E-state index contributed by atoms with van der Waals surface area (Å²) in [5.41, 5.74) is 2.81. The monoisotopic (exact) mass is 455 g/mol. The molecule has 1 aromatic heterocycles. The van der Waals surface area contributed by atoms with Gasteiger partial charge in [0.15, 0.2) is 0 Å². The Morgan fingerprint density at radius 3 is 2.59 bits per heavy atom. The summed E-state index contributed by atoms with van der Waals surface area (Å²) in [6, 6.07) is 8.90. The molecule has 166 valence electrons. The number of thioether (sulfide) groups is 1. The van der Waals surface area contributed by atoms with Crippen LogP contribution in [0.15, 0.2) is 53.7 Å². The Labute approximate surface area is 188 Å². The lowest BCUT2D eigenvalue weighted by atomic mass is 9.94. The molecule has 9 heteroatoms. The average molecular weight is 456 g/mol. The molecule has 1 aliphatic heterocycles. The maximum Gasteiger partial charge on any atom is 0.337 e. The largest absolute Gasteiger partial charge is 0.478 e. The number of hydrogen-bond acceptors (Lipinski definition) is 5. The molecule has 0 saturated carbocycles. The Kier molecular flexibility index (Phi) is 6.55. The predicted molar refractivity (Wildman–Crippen MR) is 119 cm³/mol. The van der Waals surface area contributed by atoms with Crippen molar-refractivity contribution in [2.75, 3.05) is 11.1 Å². The van der Waals surface area contributed by atoms with E-state index in [1.54, 1.807) is 17.0 Å². The van der Waals surface area contributed by atoms with Crippen LogP contribution in [0.4, 0.5) is 10.2 Å². The quantitative estimate of drug-likeness (QED) is 0.658. The van der Waals surface area contributed by atoms with E-state index in [1.165, 1.54) is 42.2 Å². The fourth-order valence-corrected chi connectivity index (χ4v) is 5.17. The van der Waals surface area contributed by atoms with Crippen molar-refractivity contribution < 1.29 is 23.9 Å². The number of carboxylic acid groups (broad SMARTS) is 1. The van der Waals surface area contributed by atoms with E-state index in [0.717, 1.165) is 42.4 Å². The molecule has 2 heterocycles. The van der Waals surface area contributed by atoms with E-state index < -0.39 is 5.97 Å². The van der Waals surface area contributed by atoms with Gasteiger partial charge < -0.3 is 15.3 Å². The molecule has 2 N–H and O–H groups in total. The first-order chi connectivity index (χ1) is 15.4. The SMILES string of the molecule is O=C(CSC1C2=C(CCCC2)C(=O)N1Cc1ccc(F)cc1)Nc1ccc(C(=O)O)cn1. The van der Waals surface area contributed by atoms with Crippen molar-refractivity contribution in [1.82, 2.24) is 9.88 Å². The summed E-state index contributed by atoms with van der Waals surface area (Å²) in [7, 11) is 0. The first-order valence-corrected chi connectivity index (χ1v) is 11.4. The van der Waals surface area contributed by atoms with Gasteiger partial charge in [-0.15, -0.1) is 11.8 Å². The minimum atomic E-state index is -1.09. The van der Waals surface area contributed by atoms with Crippen LogP contribution in [0, 0.1) is 5.82 Å². The van der Waals surface area contributed by atoms with E-state index >= 15 is 0 Å². The Hall–Kier alpha value is -3.20. The normalized spacial score (nSPS) is 18.0. The molecule has 4 rings (SSSR count). The number of carboxylic acids is 1. The lowest BCUT2D eigenvalue weighted by Gasteiger charge is -2.27. The minimum absolute atomic E-state index is 0.00661. The summed E-state index contributed by atoms with van der Waals surface area (Å²) in [6.45, 7) is 0.351. The van der Waals surface area contributed by atoms with E-state index in [2.05, 4.69) is 10.3 Å². The molecular formula is C23H22FN3O4S. The lowest BCUT2D eigenvalue weighted by Crippen LogP contribution is -2.34. The van der Waals surface area contributed by atoms with E-state index in [-0.39, 0.29) is 40.1 Å². The number of hydrogen-bond donors (Lipinski definition) is 2. The third-order valence-corrected chi connectivity index (χ3v) is 6.81. The van der Waals surface area contributed by atoms with Gasteiger partial charge in [-0.05, 0) is 61.1 Å². The second-order valence-electron chi connectivity index (χ2n) is 7.72. The molecule has 1 atom stereocenters. The van der Waals surface area contributed by atoms with Crippen LogP contribution in [0.1, 0.15) is 41.6 Å². The Bertz CT molecular complexity index is 1070. The molecule has 2 aromatic rings. The van der Waals surface area contributed by atoms with Gasteiger partial charge in [0.05, 0.1) is 11.3 Å². The van der Waals surface area contributed by atoms with Crippen molar-refractivity contribution in [3.05, 3.63) is 70.7 Å². The number of rotatable bonds is 7. The number of anilines is 1. The third kappa shape index (κ3) is 4.83. The maximum absolute atomic E-state index is 13.3. The van der Waals surface area contributed by atoms with Gasteiger partial charge in [-0.1, -0.05) is 12.1 Å². The number of amides is 2. The first kappa shape index (κ1) is 22.0. The highest BCUT2D eigenvalue weighted by Gasteiger charge is 2.40. The van der Waals surface area contributed by atoms with Gasteiger partial charge >= 0.3 is 5.97 Å². The van der Waals surface area contributed by atoms with Crippen molar-refractivity contribution in [3.8, 4) is 0 Å². The zero-order valence-electron chi connectivity index (χ0n) is 17.2. The van der Waals surface area contributed by atoms with Crippen LogP contribution in [0.25, 0.3) is 0 Å². The van der Waals surface area contributed by atoms with Crippen LogP contribution < -0.4 is 5.32 Å². The molecule has 7 nitrogen and oxygen atoms in total. The molecule has 2 aliphatic rings. The van der Waals surface area contributed by atoms with Crippen molar-refractivity contribution in [1.29, 1.82) is 0 Å². The molecule has 0 spiro atoms. The van der Waals surface area contributed by atoms with Gasteiger partial charge in [0.1, 0.15) is 17.0 Å². The summed E-state index contributed by atoms with van der Waals surface area (Å²) < 4.78 is 13.3. The molecular weight excluding hydrogens is 433 g/mol. The molecule has 0 fully saturated rings. The maximum atomic E-state index is 13.3. The van der Waals surface area contributed by atoms with Crippen molar-refractivity contribution >= 4 is 35.4 Å². The highest BCUT2D eigenvalue weighted by Crippen LogP contribution is 2.41. The van der Waals surface area contributed by atoms with Crippen LogP contribution in [0.2, 0.25) is 0 Å². The topological polar surface area (TPSA) is 99.6 Å².